The van der Waals surface area contributed by atoms with Crippen LogP contribution in [0.3, 0.4) is 0 Å². The Morgan fingerprint density at radius 3 is 2.23 bits per heavy atom. The molecule has 31 heavy (non-hydrogen) atoms. The van der Waals surface area contributed by atoms with Crippen molar-refractivity contribution in [2.24, 2.45) is 0 Å². The third-order valence-electron chi connectivity index (χ3n) is 5.40. The summed E-state index contributed by atoms with van der Waals surface area (Å²) in [6, 6.07) is 16.8. The molecule has 4 rings (SSSR count). The second kappa shape index (κ2) is 9.13. The van der Waals surface area contributed by atoms with Crippen LogP contribution in [0.4, 0.5) is 17.5 Å². The molecule has 8 heteroatoms. The Morgan fingerprint density at radius 2 is 1.58 bits per heavy atom. The largest absolute Gasteiger partial charge is 0.593 e. The zero-order valence-electron chi connectivity index (χ0n) is 17.7. The molecule has 1 aliphatic heterocycles. The van der Waals surface area contributed by atoms with E-state index in [1.807, 2.05) is 49.4 Å². The van der Waals surface area contributed by atoms with E-state index >= 15 is 0 Å². The second-order valence-corrected chi connectivity index (χ2v) is 9.64. The zero-order valence-corrected chi connectivity index (χ0v) is 18.6. The molecule has 1 atom stereocenters. The summed E-state index contributed by atoms with van der Waals surface area (Å²) in [5, 5.41) is 3.30. The number of nitrogens with one attached hydrogen (secondary N) is 2. The van der Waals surface area contributed by atoms with E-state index < -0.39 is 10.4 Å². The highest BCUT2D eigenvalue weighted by Crippen LogP contribution is 2.22. The molecule has 2 N–H and O–H groups in total. The van der Waals surface area contributed by atoms with Gasteiger partial charge in [0.1, 0.15) is 5.82 Å². The normalized spacial score (nSPS) is 16.7. The maximum Gasteiger partial charge on any atom is 0.227 e. The van der Waals surface area contributed by atoms with Crippen LogP contribution < -0.4 is 14.9 Å². The van der Waals surface area contributed by atoms with Gasteiger partial charge in [-0.3, -0.25) is 0 Å². The lowest BCUT2D eigenvalue weighted by Crippen LogP contribution is -2.47. The molecular formula is C23H27N5O2S. The van der Waals surface area contributed by atoms with Crippen LogP contribution in [0.15, 0.2) is 65.7 Å². The quantitative estimate of drug-likeness (QED) is 0.566. The second-order valence-electron chi connectivity index (χ2n) is 7.93. The van der Waals surface area contributed by atoms with E-state index in [2.05, 4.69) is 31.8 Å². The molecule has 0 bridgehead atoms. The van der Waals surface area contributed by atoms with Crippen LogP contribution in [0.25, 0.3) is 0 Å². The molecule has 1 aliphatic rings. The van der Waals surface area contributed by atoms with Crippen molar-refractivity contribution >= 4 is 27.9 Å². The summed E-state index contributed by atoms with van der Waals surface area (Å²) in [5.74, 6) is 1.38. The Morgan fingerprint density at radius 1 is 0.968 bits per heavy atom. The summed E-state index contributed by atoms with van der Waals surface area (Å²) in [6.45, 7) is 5.37. The van der Waals surface area contributed by atoms with Gasteiger partial charge in [-0.05, 0) is 57.0 Å². The summed E-state index contributed by atoms with van der Waals surface area (Å²) in [5.41, 5.74) is 3.21. The van der Waals surface area contributed by atoms with Gasteiger partial charge in [0.05, 0.1) is 6.04 Å². The zero-order chi connectivity index (χ0) is 21.8. The van der Waals surface area contributed by atoms with Crippen LogP contribution in [0.5, 0.6) is 0 Å². The predicted octanol–water partition coefficient (Wildman–Crippen LogP) is 4.00. The van der Waals surface area contributed by atoms with Crippen LogP contribution >= 0.6 is 0 Å². The lowest BCUT2D eigenvalue weighted by Gasteiger charge is -2.32. The molecule has 0 amide bonds. The fourth-order valence-electron chi connectivity index (χ4n) is 3.56. The van der Waals surface area contributed by atoms with E-state index in [0.717, 1.165) is 17.1 Å². The Bertz CT molecular complexity index is 1060. The van der Waals surface area contributed by atoms with Crippen LogP contribution in [-0.2, 0) is 14.6 Å². The number of aromatic nitrogens is 2. The molecule has 3 aromatic rings. The summed E-state index contributed by atoms with van der Waals surface area (Å²) >= 11 is 0. The van der Waals surface area contributed by atoms with Gasteiger partial charge in [0.25, 0.3) is 0 Å². The lowest BCUT2D eigenvalue weighted by molar-refractivity contribution is 0.417. The number of rotatable bonds is 6. The lowest BCUT2D eigenvalue weighted by atomic mass is 10.1. The average molecular weight is 438 g/mol. The molecule has 2 heterocycles. The topological polar surface area (TPSA) is 93.2 Å². The van der Waals surface area contributed by atoms with Crippen molar-refractivity contribution in [3.8, 4) is 0 Å². The fraction of sp³-hybridized carbons (Fsp3) is 0.304. The van der Waals surface area contributed by atoms with Crippen molar-refractivity contribution in [1.82, 2.24) is 14.7 Å². The first kappa shape index (κ1) is 21.4. The minimum atomic E-state index is -3.51. The summed E-state index contributed by atoms with van der Waals surface area (Å²) in [6.07, 6.45) is 3.14. The molecule has 0 saturated carbocycles. The SMILES string of the molecule is Cc1ccc(Nc2ccnc(N3CCC(N[S+](=O)([O-])c4ccc(C)cc4)CC3)n2)cc1. The molecule has 7 nitrogen and oxygen atoms in total. The van der Waals surface area contributed by atoms with E-state index in [0.29, 0.717) is 36.8 Å². The molecule has 0 radical (unpaired) electrons. The van der Waals surface area contributed by atoms with Crippen molar-refractivity contribution in [3.05, 3.63) is 71.9 Å². The third kappa shape index (κ3) is 5.46. The van der Waals surface area contributed by atoms with Crippen molar-refractivity contribution in [2.75, 3.05) is 23.3 Å². The third-order valence-corrected chi connectivity index (χ3v) is 6.93. The molecule has 162 valence electrons. The summed E-state index contributed by atoms with van der Waals surface area (Å²) < 4.78 is 28.1. The molecule has 1 unspecified atom stereocenters. The Kier molecular flexibility index (Phi) is 6.31. The van der Waals surface area contributed by atoms with Gasteiger partial charge in [0.2, 0.25) is 5.95 Å². The number of hydrogen-bond donors (Lipinski definition) is 2. The van der Waals surface area contributed by atoms with Crippen molar-refractivity contribution in [3.63, 3.8) is 0 Å². The van der Waals surface area contributed by atoms with E-state index in [4.69, 9.17) is 0 Å². The van der Waals surface area contributed by atoms with Gasteiger partial charge in [-0.2, -0.15) is 4.98 Å². The Hall–Kier alpha value is -2.81. The maximum atomic E-state index is 12.6. The first-order valence-electron chi connectivity index (χ1n) is 10.4. The van der Waals surface area contributed by atoms with Crippen LogP contribution in [-0.4, -0.2) is 33.7 Å². The average Bonchev–Trinajstić information content (AvgIpc) is 2.76. The van der Waals surface area contributed by atoms with Gasteiger partial charge in [-0.1, -0.05) is 39.6 Å². The number of piperidine rings is 1. The van der Waals surface area contributed by atoms with Gasteiger partial charge >= 0.3 is 0 Å². The Balaban J connectivity index is 1.36. The number of nitrogens with zero attached hydrogens (tertiary/aromatic N) is 3. The number of benzene rings is 2. The minimum absolute atomic E-state index is 0.101. The number of aryl methyl sites for hydroxylation is 2. The van der Waals surface area contributed by atoms with Crippen LogP contribution in [0.2, 0.25) is 0 Å². The summed E-state index contributed by atoms with van der Waals surface area (Å²) in [7, 11) is -3.51. The summed E-state index contributed by atoms with van der Waals surface area (Å²) in [4.78, 5) is 11.4. The standard InChI is InChI=1S/C23H27N5O2S/c1-17-3-7-19(8-4-17)25-22-11-14-24-23(26-22)28-15-12-20(13-16-28)27-31(29,30)21-9-5-18(2)6-10-21/h3-11,14,20H,12-13,15-16H2,1-2H3,(H2-,24,25,26,27,29,30). The minimum Gasteiger partial charge on any atom is -0.593 e. The van der Waals surface area contributed by atoms with Gasteiger partial charge in [0, 0.05) is 25.0 Å². The van der Waals surface area contributed by atoms with Crippen molar-refractivity contribution < 1.29 is 8.76 Å². The predicted molar refractivity (Wildman–Crippen MR) is 123 cm³/mol. The van der Waals surface area contributed by atoms with Crippen LogP contribution in [0.1, 0.15) is 24.0 Å². The maximum absolute atomic E-state index is 12.6. The molecular weight excluding hydrogens is 410 g/mol. The van der Waals surface area contributed by atoms with Gasteiger partial charge in [0.15, 0.2) is 15.3 Å². The molecule has 1 saturated heterocycles. The first-order chi connectivity index (χ1) is 14.9. The molecule has 1 aromatic heterocycles. The van der Waals surface area contributed by atoms with Gasteiger partial charge in [-0.15, -0.1) is 4.72 Å². The van der Waals surface area contributed by atoms with Gasteiger partial charge in [-0.25, -0.2) is 4.98 Å². The van der Waals surface area contributed by atoms with E-state index in [1.165, 1.54) is 5.56 Å². The monoisotopic (exact) mass is 437 g/mol. The van der Waals surface area contributed by atoms with Gasteiger partial charge < -0.3 is 14.8 Å². The molecule has 0 aliphatic carbocycles. The number of anilines is 3. The Labute approximate surface area is 184 Å². The van der Waals surface area contributed by atoms with Crippen molar-refractivity contribution in [2.45, 2.75) is 37.6 Å². The number of sulfonamides is 1. The molecule has 0 spiro atoms. The highest BCUT2D eigenvalue weighted by atomic mass is 32.3. The van der Waals surface area contributed by atoms with Crippen molar-refractivity contribution in [1.29, 1.82) is 0 Å². The molecule has 2 aromatic carbocycles. The number of hydrogen-bond acceptors (Lipinski definition) is 6. The fourth-order valence-corrected chi connectivity index (χ4v) is 4.86. The van der Waals surface area contributed by atoms with E-state index in [-0.39, 0.29) is 6.04 Å². The highest BCUT2D eigenvalue weighted by molar-refractivity contribution is 7.95. The highest BCUT2D eigenvalue weighted by Gasteiger charge is 2.29. The smallest absolute Gasteiger partial charge is 0.227 e. The molecule has 1 fully saturated rings. The van der Waals surface area contributed by atoms with Crippen LogP contribution in [0, 0.1) is 13.8 Å². The first-order valence-corrected chi connectivity index (χ1v) is 11.9. The van der Waals surface area contributed by atoms with E-state index in [1.54, 1.807) is 18.3 Å². The van der Waals surface area contributed by atoms with E-state index in [9.17, 15) is 8.76 Å².